The number of ether oxygens (including phenoxy) is 1. The molecule has 106 valence electrons. The van der Waals surface area contributed by atoms with Gasteiger partial charge in [0.1, 0.15) is 10.6 Å². The van der Waals surface area contributed by atoms with Gasteiger partial charge in [-0.15, -0.1) is 0 Å². The van der Waals surface area contributed by atoms with Gasteiger partial charge in [0.05, 0.1) is 13.7 Å². The molecule has 0 aromatic heterocycles. The van der Waals surface area contributed by atoms with Gasteiger partial charge in [-0.2, -0.15) is 0 Å². The molecule has 19 heavy (non-hydrogen) atoms. The monoisotopic (exact) mass is 288 g/mol. The predicted octanol–water partition coefficient (Wildman–Crippen LogP) is 0.285. The van der Waals surface area contributed by atoms with Crippen molar-refractivity contribution in [3.05, 3.63) is 23.8 Å². The number of hydrogen-bond donors (Lipinski definition) is 2. The maximum atomic E-state index is 11.8. The molecule has 0 radical (unpaired) electrons. The SMILES string of the molecule is CCONC(=O)c1ccc(OC)c(S(=O)(=O)NC)c1. The summed E-state index contributed by atoms with van der Waals surface area (Å²) in [5.41, 5.74) is 2.34. The second kappa shape index (κ2) is 6.50. The summed E-state index contributed by atoms with van der Waals surface area (Å²) in [7, 11) is -1.08. The predicted molar refractivity (Wildman–Crippen MR) is 68.3 cm³/mol. The molecule has 0 fully saturated rings. The smallest absolute Gasteiger partial charge is 0.274 e. The van der Waals surface area contributed by atoms with Crippen LogP contribution in [-0.4, -0.2) is 35.1 Å². The lowest BCUT2D eigenvalue weighted by Crippen LogP contribution is -2.25. The maximum Gasteiger partial charge on any atom is 0.274 e. The third kappa shape index (κ3) is 3.66. The zero-order valence-corrected chi connectivity index (χ0v) is 11.7. The fraction of sp³-hybridized carbons (Fsp3) is 0.364. The highest BCUT2D eigenvalue weighted by Gasteiger charge is 2.20. The molecule has 0 bridgehead atoms. The molecule has 2 N–H and O–H groups in total. The number of sulfonamides is 1. The minimum atomic E-state index is -3.71. The molecule has 1 rings (SSSR count). The summed E-state index contributed by atoms with van der Waals surface area (Å²) in [4.78, 5) is 16.3. The Kier molecular flexibility index (Phi) is 5.28. The molecule has 0 atom stereocenters. The number of methoxy groups -OCH3 is 1. The zero-order chi connectivity index (χ0) is 14.5. The van der Waals surface area contributed by atoms with Crippen LogP contribution in [0.5, 0.6) is 5.75 Å². The topological polar surface area (TPSA) is 93.7 Å². The molecule has 1 aromatic rings. The van der Waals surface area contributed by atoms with Gasteiger partial charge < -0.3 is 4.74 Å². The van der Waals surface area contributed by atoms with Crippen LogP contribution in [0.1, 0.15) is 17.3 Å². The first-order chi connectivity index (χ1) is 8.96. The van der Waals surface area contributed by atoms with Gasteiger partial charge in [-0.25, -0.2) is 18.6 Å². The Balaban J connectivity index is 3.19. The van der Waals surface area contributed by atoms with Gasteiger partial charge in [0.15, 0.2) is 0 Å². The average Bonchev–Trinajstić information content (AvgIpc) is 2.43. The molecule has 0 spiro atoms. The van der Waals surface area contributed by atoms with Crippen molar-refractivity contribution in [1.29, 1.82) is 0 Å². The third-order valence-electron chi connectivity index (χ3n) is 2.29. The third-order valence-corrected chi connectivity index (χ3v) is 3.73. The Morgan fingerprint density at radius 1 is 1.37 bits per heavy atom. The van der Waals surface area contributed by atoms with E-state index < -0.39 is 15.9 Å². The summed E-state index contributed by atoms with van der Waals surface area (Å²) < 4.78 is 30.8. The van der Waals surface area contributed by atoms with Crippen molar-refractivity contribution in [2.24, 2.45) is 0 Å². The second-order valence-corrected chi connectivity index (χ2v) is 5.29. The second-order valence-electron chi connectivity index (χ2n) is 3.44. The van der Waals surface area contributed by atoms with E-state index in [0.717, 1.165) is 0 Å². The van der Waals surface area contributed by atoms with Crippen LogP contribution in [0.15, 0.2) is 23.1 Å². The first-order valence-corrected chi connectivity index (χ1v) is 6.98. The van der Waals surface area contributed by atoms with Crippen molar-refractivity contribution in [2.45, 2.75) is 11.8 Å². The van der Waals surface area contributed by atoms with Crippen LogP contribution in [0, 0.1) is 0 Å². The van der Waals surface area contributed by atoms with Gasteiger partial charge in [0, 0.05) is 5.56 Å². The van der Waals surface area contributed by atoms with E-state index in [9.17, 15) is 13.2 Å². The molecule has 8 heteroatoms. The molecule has 7 nitrogen and oxygen atoms in total. The number of hydrogen-bond acceptors (Lipinski definition) is 5. The standard InChI is InChI=1S/C11H16N2O5S/c1-4-18-13-11(14)8-5-6-9(17-3)10(7-8)19(15,16)12-2/h5-7,12H,4H2,1-3H3,(H,13,14). The molecule has 1 aromatic carbocycles. The molecule has 0 saturated carbocycles. The average molecular weight is 288 g/mol. The largest absolute Gasteiger partial charge is 0.495 e. The normalized spacial score (nSPS) is 11.1. The van der Waals surface area contributed by atoms with E-state index in [1.165, 1.54) is 32.4 Å². The quantitative estimate of drug-likeness (QED) is 0.734. The lowest BCUT2D eigenvalue weighted by atomic mass is 10.2. The molecule has 0 aliphatic carbocycles. The molecular formula is C11H16N2O5S. The first kappa shape index (κ1) is 15.4. The van der Waals surface area contributed by atoms with Gasteiger partial charge in [0.2, 0.25) is 10.0 Å². The van der Waals surface area contributed by atoms with Crippen molar-refractivity contribution in [2.75, 3.05) is 20.8 Å². The van der Waals surface area contributed by atoms with Crippen LogP contribution in [0.2, 0.25) is 0 Å². The highest BCUT2D eigenvalue weighted by molar-refractivity contribution is 7.89. The van der Waals surface area contributed by atoms with E-state index in [1.54, 1.807) is 6.92 Å². The van der Waals surface area contributed by atoms with Crippen molar-refractivity contribution in [1.82, 2.24) is 10.2 Å². The Morgan fingerprint density at radius 3 is 2.58 bits per heavy atom. The van der Waals surface area contributed by atoms with Crippen LogP contribution in [-0.2, 0) is 14.9 Å². The van der Waals surface area contributed by atoms with Crippen molar-refractivity contribution in [3.8, 4) is 5.75 Å². The summed E-state index contributed by atoms with van der Waals surface area (Å²) in [6, 6.07) is 4.08. The summed E-state index contributed by atoms with van der Waals surface area (Å²) in [6.45, 7) is 2.02. The molecule has 0 unspecified atom stereocenters. The number of nitrogens with one attached hydrogen (secondary N) is 2. The Bertz CT molecular complexity index is 556. The lowest BCUT2D eigenvalue weighted by Gasteiger charge is -2.10. The van der Waals surface area contributed by atoms with Gasteiger partial charge in [-0.3, -0.25) is 9.63 Å². The van der Waals surface area contributed by atoms with Crippen molar-refractivity contribution < 1.29 is 22.8 Å². The molecule has 0 aliphatic rings. The molecule has 0 saturated heterocycles. The maximum absolute atomic E-state index is 11.8. The number of carbonyl (C=O) groups is 1. The minimum Gasteiger partial charge on any atom is -0.495 e. The minimum absolute atomic E-state index is 0.110. The fourth-order valence-corrected chi connectivity index (χ4v) is 2.25. The number of amides is 1. The van der Waals surface area contributed by atoms with E-state index in [-0.39, 0.29) is 16.2 Å². The van der Waals surface area contributed by atoms with Gasteiger partial charge in [-0.1, -0.05) is 0 Å². The highest BCUT2D eigenvalue weighted by Crippen LogP contribution is 2.24. The fourth-order valence-electron chi connectivity index (χ4n) is 1.33. The first-order valence-electron chi connectivity index (χ1n) is 5.50. The van der Waals surface area contributed by atoms with Gasteiger partial charge in [-0.05, 0) is 32.2 Å². The molecule has 0 heterocycles. The number of carbonyl (C=O) groups excluding carboxylic acids is 1. The Labute approximate surface area is 111 Å². The molecule has 0 aliphatic heterocycles. The number of benzene rings is 1. The number of rotatable bonds is 6. The summed E-state index contributed by atoms with van der Waals surface area (Å²) in [6.07, 6.45) is 0. The van der Waals surface area contributed by atoms with Crippen LogP contribution in [0.4, 0.5) is 0 Å². The van der Waals surface area contributed by atoms with E-state index in [4.69, 9.17) is 9.57 Å². The van der Waals surface area contributed by atoms with Gasteiger partial charge in [0.25, 0.3) is 5.91 Å². The Morgan fingerprint density at radius 2 is 2.05 bits per heavy atom. The van der Waals surface area contributed by atoms with Gasteiger partial charge >= 0.3 is 0 Å². The van der Waals surface area contributed by atoms with E-state index in [1.807, 2.05) is 0 Å². The summed E-state index contributed by atoms with van der Waals surface area (Å²) >= 11 is 0. The van der Waals surface area contributed by atoms with Crippen molar-refractivity contribution >= 4 is 15.9 Å². The van der Waals surface area contributed by atoms with E-state index >= 15 is 0 Å². The molecular weight excluding hydrogens is 272 g/mol. The van der Waals surface area contributed by atoms with E-state index in [2.05, 4.69) is 10.2 Å². The summed E-state index contributed by atoms with van der Waals surface area (Å²) in [5, 5.41) is 0. The lowest BCUT2D eigenvalue weighted by molar-refractivity contribution is 0.0364. The zero-order valence-electron chi connectivity index (χ0n) is 10.9. The Hall–Kier alpha value is -1.64. The number of hydroxylamine groups is 1. The van der Waals surface area contributed by atoms with E-state index in [0.29, 0.717) is 6.61 Å². The van der Waals surface area contributed by atoms with Crippen molar-refractivity contribution in [3.63, 3.8) is 0 Å². The van der Waals surface area contributed by atoms with Crippen LogP contribution in [0.25, 0.3) is 0 Å². The van der Waals surface area contributed by atoms with Crippen LogP contribution in [0.3, 0.4) is 0 Å². The van der Waals surface area contributed by atoms with Crippen LogP contribution >= 0.6 is 0 Å². The molecule has 1 amide bonds. The summed E-state index contributed by atoms with van der Waals surface area (Å²) in [5.74, 6) is -0.376. The highest BCUT2D eigenvalue weighted by atomic mass is 32.2. The van der Waals surface area contributed by atoms with Crippen LogP contribution < -0.4 is 14.9 Å².